The van der Waals surface area contributed by atoms with Crippen molar-refractivity contribution in [3.8, 4) is 0 Å². The summed E-state index contributed by atoms with van der Waals surface area (Å²) in [5, 5.41) is 12.8. The first kappa shape index (κ1) is 8.20. The lowest BCUT2D eigenvalue weighted by molar-refractivity contribution is 0.270. The summed E-state index contributed by atoms with van der Waals surface area (Å²) in [7, 11) is 0. The fourth-order valence-electron chi connectivity index (χ4n) is 1.01. The van der Waals surface area contributed by atoms with Gasteiger partial charge in [0, 0.05) is 6.04 Å². The normalized spacial score (nSPS) is 11.0. The van der Waals surface area contributed by atoms with E-state index >= 15 is 0 Å². The van der Waals surface area contributed by atoms with E-state index < -0.39 is 0 Å². The Morgan fingerprint density at radius 2 is 2.18 bits per heavy atom. The average molecular weight is 155 g/mol. The van der Waals surface area contributed by atoms with Crippen molar-refractivity contribution in [3.05, 3.63) is 11.6 Å². The van der Waals surface area contributed by atoms with Gasteiger partial charge in [-0.15, -0.1) is 0 Å². The molecule has 1 aromatic rings. The molecule has 0 amide bonds. The van der Waals surface area contributed by atoms with Crippen LogP contribution in [0, 0.1) is 6.92 Å². The van der Waals surface area contributed by atoms with Gasteiger partial charge in [0.2, 0.25) is 0 Å². The number of aryl methyl sites for hydroxylation is 1. The molecule has 1 heterocycles. The zero-order valence-corrected chi connectivity index (χ0v) is 7.07. The Bertz CT molecular complexity index is 242. The summed E-state index contributed by atoms with van der Waals surface area (Å²) >= 11 is 0. The lowest BCUT2D eigenvalue weighted by Crippen LogP contribution is -2.05. The van der Waals surface area contributed by atoms with Crippen LogP contribution in [-0.4, -0.2) is 19.9 Å². The van der Waals surface area contributed by atoms with E-state index in [-0.39, 0.29) is 6.61 Å². The van der Waals surface area contributed by atoms with Gasteiger partial charge in [0.1, 0.15) is 12.4 Å². The molecule has 0 saturated heterocycles. The van der Waals surface area contributed by atoms with Crippen LogP contribution in [0.15, 0.2) is 0 Å². The predicted molar refractivity (Wildman–Crippen MR) is 41.1 cm³/mol. The molecule has 0 aliphatic rings. The molecule has 4 nitrogen and oxygen atoms in total. The van der Waals surface area contributed by atoms with E-state index in [9.17, 15) is 0 Å². The van der Waals surface area contributed by atoms with Crippen LogP contribution in [0.5, 0.6) is 0 Å². The highest BCUT2D eigenvalue weighted by molar-refractivity contribution is 4.89. The first-order valence-corrected chi connectivity index (χ1v) is 3.68. The Balaban J connectivity index is 2.97. The maximum Gasteiger partial charge on any atom is 0.176 e. The van der Waals surface area contributed by atoms with Crippen molar-refractivity contribution in [2.24, 2.45) is 0 Å². The van der Waals surface area contributed by atoms with E-state index in [0.29, 0.717) is 11.9 Å². The number of aliphatic hydroxyl groups is 1. The Labute approximate surface area is 65.9 Å². The molecule has 1 N–H and O–H groups in total. The maximum atomic E-state index is 8.72. The summed E-state index contributed by atoms with van der Waals surface area (Å²) in [6.45, 7) is 5.86. The number of hydrogen-bond donors (Lipinski definition) is 1. The van der Waals surface area contributed by atoms with Crippen molar-refractivity contribution in [3.63, 3.8) is 0 Å². The Hall–Kier alpha value is -0.900. The molecule has 0 aromatic carbocycles. The van der Waals surface area contributed by atoms with Crippen LogP contribution < -0.4 is 0 Å². The van der Waals surface area contributed by atoms with Gasteiger partial charge in [-0.25, -0.2) is 9.67 Å². The topological polar surface area (TPSA) is 50.9 Å². The third-order valence-corrected chi connectivity index (χ3v) is 1.48. The highest BCUT2D eigenvalue weighted by Crippen LogP contribution is 2.05. The predicted octanol–water partition coefficient (Wildman–Crippen LogP) is 0.660. The summed E-state index contributed by atoms with van der Waals surface area (Å²) in [5.74, 6) is 1.35. The van der Waals surface area contributed by atoms with Gasteiger partial charge in [0.15, 0.2) is 5.82 Å². The molecule has 0 radical (unpaired) electrons. The van der Waals surface area contributed by atoms with Gasteiger partial charge in [-0.05, 0) is 20.8 Å². The molecule has 11 heavy (non-hydrogen) atoms. The molecule has 1 rings (SSSR count). The van der Waals surface area contributed by atoms with Crippen LogP contribution in [0.2, 0.25) is 0 Å². The minimum atomic E-state index is -0.0828. The van der Waals surface area contributed by atoms with Crippen molar-refractivity contribution < 1.29 is 5.11 Å². The highest BCUT2D eigenvalue weighted by Gasteiger charge is 2.06. The number of nitrogens with zero attached hydrogens (tertiary/aromatic N) is 3. The minimum absolute atomic E-state index is 0.0828. The largest absolute Gasteiger partial charge is 0.388 e. The van der Waals surface area contributed by atoms with Crippen LogP contribution in [0.4, 0.5) is 0 Å². The fraction of sp³-hybridized carbons (Fsp3) is 0.714. The van der Waals surface area contributed by atoms with Crippen molar-refractivity contribution in [1.82, 2.24) is 14.8 Å². The molecule has 62 valence electrons. The van der Waals surface area contributed by atoms with Crippen molar-refractivity contribution in [1.29, 1.82) is 0 Å². The third-order valence-electron chi connectivity index (χ3n) is 1.48. The summed E-state index contributed by atoms with van der Waals surface area (Å²) in [5.41, 5.74) is 0. The zero-order valence-electron chi connectivity index (χ0n) is 7.07. The van der Waals surface area contributed by atoms with Gasteiger partial charge in [0.05, 0.1) is 0 Å². The number of rotatable bonds is 2. The van der Waals surface area contributed by atoms with E-state index in [0.717, 1.165) is 5.82 Å². The maximum absolute atomic E-state index is 8.72. The summed E-state index contributed by atoms with van der Waals surface area (Å²) in [6.07, 6.45) is 0. The van der Waals surface area contributed by atoms with Crippen LogP contribution in [0.25, 0.3) is 0 Å². The average Bonchev–Trinajstić information content (AvgIpc) is 2.30. The van der Waals surface area contributed by atoms with Gasteiger partial charge in [-0.3, -0.25) is 0 Å². The summed E-state index contributed by atoms with van der Waals surface area (Å²) in [4.78, 5) is 4.05. The molecular weight excluding hydrogens is 142 g/mol. The van der Waals surface area contributed by atoms with Gasteiger partial charge in [0.25, 0.3) is 0 Å². The summed E-state index contributed by atoms with van der Waals surface area (Å²) < 4.78 is 1.80. The molecule has 0 saturated carbocycles. The standard InChI is InChI=1S/C7H13N3O/c1-5(2)10-6(3)8-7(4-11)9-10/h5,11H,4H2,1-3H3. The first-order valence-electron chi connectivity index (χ1n) is 3.68. The quantitative estimate of drug-likeness (QED) is 0.682. The fourth-order valence-corrected chi connectivity index (χ4v) is 1.01. The van der Waals surface area contributed by atoms with Crippen LogP contribution >= 0.6 is 0 Å². The van der Waals surface area contributed by atoms with Gasteiger partial charge < -0.3 is 5.11 Å². The zero-order chi connectivity index (χ0) is 8.43. The molecule has 0 aliphatic carbocycles. The van der Waals surface area contributed by atoms with Crippen molar-refractivity contribution in [2.75, 3.05) is 0 Å². The number of hydrogen-bond acceptors (Lipinski definition) is 3. The van der Waals surface area contributed by atoms with Crippen LogP contribution in [0.1, 0.15) is 31.5 Å². The molecule has 0 atom stereocenters. The molecule has 1 aromatic heterocycles. The van der Waals surface area contributed by atoms with Crippen LogP contribution in [-0.2, 0) is 6.61 Å². The first-order chi connectivity index (χ1) is 5.15. The molecule has 0 spiro atoms. The van der Waals surface area contributed by atoms with Crippen molar-refractivity contribution >= 4 is 0 Å². The molecule has 4 heteroatoms. The van der Waals surface area contributed by atoms with E-state index in [1.807, 2.05) is 20.8 Å². The molecule has 0 fully saturated rings. The summed E-state index contributed by atoms with van der Waals surface area (Å²) in [6, 6.07) is 0.308. The second-order valence-electron chi connectivity index (χ2n) is 2.77. The molecule has 0 aliphatic heterocycles. The van der Waals surface area contributed by atoms with E-state index in [4.69, 9.17) is 5.11 Å². The second-order valence-corrected chi connectivity index (χ2v) is 2.77. The molecular formula is C7H13N3O. The minimum Gasteiger partial charge on any atom is -0.388 e. The van der Waals surface area contributed by atoms with E-state index in [2.05, 4.69) is 10.1 Å². The van der Waals surface area contributed by atoms with Gasteiger partial charge in [-0.1, -0.05) is 0 Å². The Morgan fingerprint density at radius 1 is 1.55 bits per heavy atom. The monoisotopic (exact) mass is 155 g/mol. The van der Waals surface area contributed by atoms with Crippen molar-refractivity contribution in [2.45, 2.75) is 33.4 Å². The highest BCUT2D eigenvalue weighted by atomic mass is 16.3. The molecule has 0 bridgehead atoms. The second kappa shape index (κ2) is 3.00. The van der Waals surface area contributed by atoms with Gasteiger partial charge >= 0.3 is 0 Å². The van der Waals surface area contributed by atoms with Crippen LogP contribution in [0.3, 0.4) is 0 Å². The lowest BCUT2D eigenvalue weighted by Gasteiger charge is -2.04. The smallest absolute Gasteiger partial charge is 0.176 e. The Morgan fingerprint density at radius 3 is 2.45 bits per heavy atom. The molecule has 0 unspecified atom stereocenters. The third kappa shape index (κ3) is 1.57. The van der Waals surface area contributed by atoms with E-state index in [1.54, 1.807) is 4.68 Å². The number of aromatic nitrogens is 3. The number of aliphatic hydroxyl groups excluding tert-OH is 1. The van der Waals surface area contributed by atoms with E-state index in [1.165, 1.54) is 0 Å². The SMILES string of the molecule is Cc1nc(CO)nn1C(C)C. The lowest BCUT2D eigenvalue weighted by atomic mass is 10.4. The Kier molecular flexibility index (Phi) is 2.24. The van der Waals surface area contributed by atoms with Gasteiger partial charge in [-0.2, -0.15) is 5.10 Å².